The predicted octanol–water partition coefficient (Wildman–Crippen LogP) is 4.28. The number of ether oxygens (including phenoxy) is 1. The van der Waals surface area contributed by atoms with Crippen molar-refractivity contribution in [2.75, 3.05) is 5.32 Å². The Morgan fingerprint density at radius 3 is 2.55 bits per heavy atom. The van der Waals surface area contributed by atoms with Crippen LogP contribution in [0.3, 0.4) is 0 Å². The number of carbonyl (C=O) groups is 2. The summed E-state index contributed by atoms with van der Waals surface area (Å²) < 4.78 is 5.70. The third-order valence-corrected chi connectivity index (χ3v) is 6.82. The molecule has 6 nitrogen and oxygen atoms in total. The second-order valence-corrected chi connectivity index (χ2v) is 9.10. The molecular weight excluding hydrogens is 388 g/mol. The molecule has 2 N–H and O–H groups in total. The molecule has 2 aliphatic rings. The molecule has 2 aromatic rings. The Balaban J connectivity index is 1.48. The minimum absolute atomic E-state index is 0.306. The maximum atomic E-state index is 12.8. The minimum Gasteiger partial charge on any atom is -0.481 e. The first-order valence-electron chi connectivity index (χ1n) is 10.2. The quantitative estimate of drug-likeness (QED) is 0.706. The summed E-state index contributed by atoms with van der Waals surface area (Å²) in [5, 5.41) is 12.9. The van der Waals surface area contributed by atoms with Crippen LogP contribution in [-0.2, 0) is 20.7 Å². The van der Waals surface area contributed by atoms with Crippen molar-refractivity contribution in [3.8, 4) is 11.3 Å². The lowest BCUT2D eigenvalue weighted by Gasteiger charge is -2.23. The number of carboxylic acids is 1. The molecule has 0 unspecified atom stereocenters. The number of unbranched alkanes of at least 4 members (excludes halogenated alkanes) is 1. The molecule has 154 valence electrons. The van der Waals surface area contributed by atoms with Gasteiger partial charge in [-0.3, -0.25) is 9.59 Å². The van der Waals surface area contributed by atoms with Crippen molar-refractivity contribution < 1.29 is 19.4 Å². The highest BCUT2D eigenvalue weighted by Gasteiger charge is 2.55. The summed E-state index contributed by atoms with van der Waals surface area (Å²) in [6, 6.07) is 8.41. The summed E-state index contributed by atoms with van der Waals surface area (Å²) in [5.41, 5.74) is 3.19. The van der Waals surface area contributed by atoms with Gasteiger partial charge in [0.1, 0.15) is 0 Å². The van der Waals surface area contributed by atoms with Crippen LogP contribution in [0, 0.1) is 18.8 Å². The zero-order chi connectivity index (χ0) is 20.5. The van der Waals surface area contributed by atoms with Crippen LogP contribution >= 0.6 is 11.3 Å². The zero-order valence-corrected chi connectivity index (χ0v) is 17.5. The topological polar surface area (TPSA) is 88.5 Å². The average Bonchev–Trinajstić information content (AvgIpc) is 3.41. The number of aryl methyl sites for hydroxylation is 2. The molecule has 4 atom stereocenters. The van der Waals surface area contributed by atoms with Crippen LogP contribution in [0.15, 0.2) is 24.3 Å². The second-order valence-electron chi connectivity index (χ2n) is 7.89. The van der Waals surface area contributed by atoms with E-state index in [1.54, 1.807) is 0 Å². The predicted molar refractivity (Wildman–Crippen MR) is 112 cm³/mol. The zero-order valence-electron chi connectivity index (χ0n) is 16.7. The van der Waals surface area contributed by atoms with Gasteiger partial charge in [-0.05, 0) is 38.2 Å². The van der Waals surface area contributed by atoms with Crippen LogP contribution in [0.2, 0.25) is 0 Å². The number of benzene rings is 1. The van der Waals surface area contributed by atoms with Crippen molar-refractivity contribution >= 4 is 28.3 Å². The van der Waals surface area contributed by atoms with Gasteiger partial charge < -0.3 is 15.2 Å². The van der Waals surface area contributed by atoms with E-state index in [2.05, 4.69) is 41.5 Å². The maximum Gasteiger partial charge on any atom is 0.310 e. The molecule has 2 saturated heterocycles. The van der Waals surface area contributed by atoms with E-state index in [-0.39, 0.29) is 18.1 Å². The normalized spacial score (nSPS) is 25.3. The van der Waals surface area contributed by atoms with Crippen LogP contribution < -0.4 is 5.32 Å². The van der Waals surface area contributed by atoms with Gasteiger partial charge in [-0.1, -0.05) is 37.6 Å². The number of fused-ring (bicyclic) bond motifs is 2. The highest BCUT2D eigenvalue weighted by atomic mass is 32.1. The third-order valence-electron chi connectivity index (χ3n) is 5.93. The van der Waals surface area contributed by atoms with E-state index in [1.165, 1.54) is 29.7 Å². The molecule has 7 heteroatoms. The number of thiazole rings is 1. The summed E-state index contributed by atoms with van der Waals surface area (Å²) in [7, 11) is 0. The number of amides is 1. The number of nitrogens with one attached hydrogen (secondary N) is 1. The first kappa shape index (κ1) is 20.0. The molecule has 2 bridgehead atoms. The van der Waals surface area contributed by atoms with Gasteiger partial charge in [-0.15, -0.1) is 11.3 Å². The Kier molecular flexibility index (Phi) is 5.69. The fraction of sp³-hybridized carbons (Fsp3) is 0.500. The van der Waals surface area contributed by atoms with Crippen molar-refractivity contribution in [2.24, 2.45) is 11.8 Å². The molecule has 4 rings (SSSR count). The molecule has 29 heavy (non-hydrogen) atoms. The Hall–Kier alpha value is -2.25. The Morgan fingerprint density at radius 1 is 1.21 bits per heavy atom. The van der Waals surface area contributed by atoms with Crippen molar-refractivity contribution in [3.63, 3.8) is 0 Å². The Labute approximate surface area is 174 Å². The number of nitrogens with zero attached hydrogens (tertiary/aromatic N) is 1. The molecule has 3 heterocycles. The number of carboxylic acid groups (broad SMARTS) is 1. The highest BCUT2D eigenvalue weighted by molar-refractivity contribution is 7.16. The van der Waals surface area contributed by atoms with E-state index in [9.17, 15) is 14.7 Å². The van der Waals surface area contributed by atoms with E-state index in [0.717, 1.165) is 29.0 Å². The number of hydrogen-bond acceptors (Lipinski definition) is 5. The summed E-state index contributed by atoms with van der Waals surface area (Å²) >= 11 is 1.41. The van der Waals surface area contributed by atoms with Crippen molar-refractivity contribution in [1.82, 2.24) is 4.98 Å². The molecule has 1 aromatic heterocycles. The molecular formula is C22H26N2O4S. The second kappa shape index (κ2) is 8.24. The van der Waals surface area contributed by atoms with Crippen LogP contribution in [-0.4, -0.2) is 34.2 Å². The van der Waals surface area contributed by atoms with Gasteiger partial charge in [0.15, 0.2) is 5.13 Å². The smallest absolute Gasteiger partial charge is 0.310 e. The maximum absolute atomic E-state index is 12.8. The lowest BCUT2D eigenvalue weighted by molar-refractivity contribution is -0.147. The SMILES string of the molecule is CCCCc1ccc(-c2nc(NC(=O)[C@H]3[C@@H](C(=O)O)[C@H]4CC[C@H]3O4)sc2C)cc1. The molecule has 0 saturated carbocycles. The van der Waals surface area contributed by atoms with Crippen LogP contribution in [0.4, 0.5) is 5.13 Å². The van der Waals surface area contributed by atoms with Crippen LogP contribution in [0.5, 0.6) is 0 Å². The van der Waals surface area contributed by atoms with Crippen LogP contribution in [0.1, 0.15) is 43.0 Å². The first-order valence-corrected chi connectivity index (χ1v) is 11.1. The van der Waals surface area contributed by atoms with E-state index >= 15 is 0 Å². The molecule has 1 amide bonds. The van der Waals surface area contributed by atoms with E-state index < -0.39 is 17.8 Å². The average molecular weight is 415 g/mol. The third kappa shape index (κ3) is 3.94. The number of aromatic nitrogens is 1. The van der Waals surface area contributed by atoms with Gasteiger partial charge in [0.05, 0.1) is 29.7 Å². The number of aliphatic carboxylic acids is 1. The first-order chi connectivity index (χ1) is 14.0. The van der Waals surface area contributed by atoms with Crippen LogP contribution in [0.25, 0.3) is 11.3 Å². The lowest BCUT2D eigenvalue weighted by Crippen LogP contribution is -2.40. The molecule has 0 spiro atoms. The minimum atomic E-state index is -0.962. The van der Waals surface area contributed by atoms with Gasteiger partial charge in [0, 0.05) is 10.4 Å². The van der Waals surface area contributed by atoms with Crippen molar-refractivity contribution in [3.05, 3.63) is 34.7 Å². The number of anilines is 1. The summed E-state index contributed by atoms with van der Waals surface area (Å²) in [4.78, 5) is 30.1. The molecule has 0 radical (unpaired) electrons. The van der Waals surface area contributed by atoms with E-state index in [0.29, 0.717) is 11.6 Å². The summed E-state index contributed by atoms with van der Waals surface area (Å²) in [5.74, 6) is -2.70. The fourth-order valence-electron chi connectivity index (χ4n) is 4.44. The van der Waals surface area contributed by atoms with Gasteiger partial charge in [-0.25, -0.2) is 4.98 Å². The van der Waals surface area contributed by atoms with E-state index in [4.69, 9.17) is 4.74 Å². The van der Waals surface area contributed by atoms with Gasteiger partial charge >= 0.3 is 5.97 Å². The molecule has 0 aliphatic carbocycles. The molecule has 1 aromatic carbocycles. The monoisotopic (exact) mass is 414 g/mol. The van der Waals surface area contributed by atoms with Gasteiger partial charge in [-0.2, -0.15) is 0 Å². The number of hydrogen-bond donors (Lipinski definition) is 2. The van der Waals surface area contributed by atoms with Crippen molar-refractivity contribution in [1.29, 1.82) is 0 Å². The summed E-state index contributed by atoms with van der Waals surface area (Å²) in [6.45, 7) is 4.17. The summed E-state index contributed by atoms with van der Waals surface area (Å²) in [6.07, 6.45) is 4.20. The number of carbonyl (C=O) groups excluding carboxylic acids is 1. The van der Waals surface area contributed by atoms with Crippen molar-refractivity contribution in [2.45, 2.75) is 58.2 Å². The largest absolute Gasteiger partial charge is 0.481 e. The molecule has 2 fully saturated rings. The lowest BCUT2D eigenvalue weighted by atomic mass is 9.79. The van der Waals surface area contributed by atoms with Gasteiger partial charge in [0.2, 0.25) is 5.91 Å². The molecule has 2 aliphatic heterocycles. The standard InChI is InChI=1S/C22H26N2O4S/c1-3-4-5-13-6-8-14(9-7-13)19-12(2)29-22(23-19)24-20(25)17-15-10-11-16(28-15)18(17)21(26)27/h6-9,15-18H,3-5,10-11H2,1-2H3,(H,26,27)(H,23,24,25)/t15-,16-,17-,18+/m1/s1. The Morgan fingerprint density at radius 2 is 1.90 bits per heavy atom. The Bertz CT molecular complexity index is 908. The van der Waals surface area contributed by atoms with Gasteiger partial charge in [0.25, 0.3) is 0 Å². The highest BCUT2D eigenvalue weighted by Crippen LogP contribution is 2.44. The number of rotatable bonds is 7. The fourth-order valence-corrected chi connectivity index (χ4v) is 5.28. The van der Waals surface area contributed by atoms with E-state index in [1.807, 2.05) is 6.92 Å².